The molecule has 0 aliphatic heterocycles. The highest BCUT2D eigenvalue weighted by Crippen LogP contribution is 2.35. The fourth-order valence-electron chi connectivity index (χ4n) is 3.66. The van der Waals surface area contributed by atoms with E-state index in [0.29, 0.717) is 12.1 Å². The lowest BCUT2D eigenvalue weighted by molar-refractivity contribution is -0.121. The monoisotopic (exact) mass is 301 g/mol. The van der Waals surface area contributed by atoms with Crippen molar-refractivity contribution >= 4 is 5.91 Å². The molecule has 22 heavy (non-hydrogen) atoms. The molecule has 2 saturated carbocycles. The lowest BCUT2D eigenvalue weighted by Crippen LogP contribution is -2.54. The van der Waals surface area contributed by atoms with Gasteiger partial charge in [-0.05, 0) is 31.2 Å². The van der Waals surface area contributed by atoms with Gasteiger partial charge in [-0.1, -0.05) is 43.2 Å². The number of nitrogens with two attached hydrogens (primary N) is 1. The largest absolute Gasteiger partial charge is 0.351 e. The Balaban J connectivity index is 1.72. The van der Waals surface area contributed by atoms with E-state index >= 15 is 0 Å². The first kappa shape index (κ1) is 15.5. The second-order valence-electron chi connectivity index (χ2n) is 6.62. The van der Waals surface area contributed by atoms with E-state index in [2.05, 4.69) is 40.5 Å². The minimum absolute atomic E-state index is 0.0210. The second-order valence-corrected chi connectivity index (χ2v) is 6.62. The summed E-state index contributed by atoms with van der Waals surface area (Å²) in [6.45, 7) is 1.08. The van der Waals surface area contributed by atoms with E-state index in [0.717, 1.165) is 13.0 Å². The van der Waals surface area contributed by atoms with Gasteiger partial charge in [0.15, 0.2) is 0 Å². The van der Waals surface area contributed by atoms with Crippen LogP contribution in [-0.4, -0.2) is 35.5 Å². The molecule has 2 atom stereocenters. The van der Waals surface area contributed by atoms with Crippen molar-refractivity contribution in [3.8, 4) is 0 Å². The molecule has 0 heterocycles. The number of hydrogen-bond acceptors (Lipinski definition) is 3. The first-order chi connectivity index (χ1) is 10.8. The zero-order chi connectivity index (χ0) is 15.4. The van der Waals surface area contributed by atoms with Crippen LogP contribution in [0.15, 0.2) is 30.3 Å². The van der Waals surface area contributed by atoms with E-state index in [4.69, 9.17) is 5.73 Å². The summed E-state index contributed by atoms with van der Waals surface area (Å²) in [5.74, 6) is -0.0210. The average molecular weight is 301 g/mol. The molecule has 3 rings (SSSR count). The summed E-state index contributed by atoms with van der Waals surface area (Å²) in [6, 6.07) is 12.1. The summed E-state index contributed by atoms with van der Waals surface area (Å²) >= 11 is 0. The molecule has 2 aliphatic rings. The number of carbonyl (C=O) groups excluding carboxylic acids is 1. The number of nitrogens with one attached hydrogen (secondary N) is 1. The Kier molecular flexibility index (Phi) is 5.11. The minimum Gasteiger partial charge on any atom is -0.351 e. The predicted octanol–water partition coefficient (Wildman–Crippen LogP) is 2.04. The van der Waals surface area contributed by atoms with Crippen molar-refractivity contribution < 1.29 is 4.79 Å². The zero-order valence-electron chi connectivity index (χ0n) is 13.2. The van der Waals surface area contributed by atoms with Gasteiger partial charge in [0.2, 0.25) is 5.91 Å². The Morgan fingerprint density at radius 3 is 2.55 bits per heavy atom. The number of benzene rings is 1. The maximum Gasteiger partial charge on any atom is 0.234 e. The minimum atomic E-state index is -0.0210. The van der Waals surface area contributed by atoms with Crippen LogP contribution in [0.2, 0.25) is 0 Å². The Bertz CT molecular complexity index is 486. The molecule has 120 valence electrons. The summed E-state index contributed by atoms with van der Waals surface area (Å²) in [7, 11) is 0. The Morgan fingerprint density at radius 2 is 1.86 bits per heavy atom. The van der Waals surface area contributed by atoms with Crippen molar-refractivity contribution in [2.75, 3.05) is 6.54 Å². The molecule has 4 nitrogen and oxygen atoms in total. The van der Waals surface area contributed by atoms with Gasteiger partial charge in [0.25, 0.3) is 0 Å². The summed E-state index contributed by atoms with van der Waals surface area (Å²) in [5, 5.41) is 3.16. The Labute approximate surface area is 133 Å². The number of rotatable bonds is 6. The molecule has 0 radical (unpaired) electrons. The van der Waals surface area contributed by atoms with Crippen LogP contribution in [-0.2, 0) is 11.3 Å². The fourth-order valence-corrected chi connectivity index (χ4v) is 3.66. The van der Waals surface area contributed by atoms with Gasteiger partial charge >= 0.3 is 0 Å². The molecule has 1 aromatic rings. The number of amides is 1. The second kappa shape index (κ2) is 7.25. The lowest BCUT2D eigenvalue weighted by Gasteiger charge is -2.40. The van der Waals surface area contributed by atoms with E-state index in [1.807, 2.05) is 0 Å². The van der Waals surface area contributed by atoms with E-state index in [1.54, 1.807) is 0 Å². The van der Waals surface area contributed by atoms with Crippen LogP contribution in [0.5, 0.6) is 0 Å². The number of nitrogens with zero attached hydrogens (tertiary/aromatic N) is 1. The van der Waals surface area contributed by atoms with Gasteiger partial charge in [0.05, 0.1) is 6.54 Å². The van der Waals surface area contributed by atoms with Gasteiger partial charge in [0.1, 0.15) is 0 Å². The lowest BCUT2D eigenvalue weighted by atomic mass is 9.88. The highest BCUT2D eigenvalue weighted by Gasteiger charge is 2.38. The van der Waals surface area contributed by atoms with Gasteiger partial charge in [-0.2, -0.15) is 0 Å². The Hall–Kier alpha value is -1.39. The molecule has 0 saturated heterocycles. The summed E-state index contributed by atoms with van der Waals surface area (Å²) in [4.78, 5) is 14.4. The number of carbonyl (C=O) groups is 1. The van der Waals surface area contributed by atoms with Crippen LogP contribution in [0, 0.1) is 0 Å². The molecule has 4 heteroatoms. The van der Waals surface area contributed by atoms with Crippen LogP contribution in [0.4, 0.5) is 0 Å². The maximum absolute atomic E-state index is 11.7. The Morgan fingerprint density at radius 1 is 1.14 bits per heavy atom. The SMILES string of the molecule is NCC(=O)N[C@@H]1CCCC[C@H]1N(Cc1ccccc1)C1CC1. The average Bonchev–Trinajstić information content (AvgIpc) is 3.39. The van der Waals surface area contributed by atoms with E-state index in [1.165, 1.54) is 37.7 Å². The van der Waals surface area contributed by atoms with Gasteiger partial charge < -0.3 is 11.1 Å². The molecule has 2 fully saturated rings. The highest BCUT2D eigenvalue weighted by atomic mass is 16.1. The molecule has 0 aromatic heterocycles. The zero-order valence-corrected chi connectivity index (χ0v) is 13.2. The molecular weight excluding hydrogens is 274 g/mol. The third kappa shape index (κ3) is 3.87. The summed E-state index contributed by atoms with van der Waals surface area (Å²) in [6.07, 6.45) is 7.31. The van der Waals surface area contributed by atoms with Crippen molar-refractivity contribution in [3.05, 3.63) is 35.9 Å². The van der Waals surface area contributed by atoms with Gasteiger partial charge in [-0.25, -0.2) is 0 Å². The van der Waals surface area contributed by atoms with Crippen LogP contribution in [0.25, 0.3) is 0 Å². The van der Waals surface area contributed by atoms with E-state index < -0.39 is 0 Å². The molecule has 1 amide bonds. The quantitative estimate of drug-likeness (QED) is 0.845. The van der Waals surface area contributed by atoms with Crippen molar-refractivity contribution in [2.45, 2.75) is 63.2 Å². The molecule has 1 aromatic carbocycles. The van der Waals surface area contributed by atoms with Crippen LogP contribution < -0.4 is 11.1 Å². The molecular formula is C18H27N3O. The first-order valence-electron chi connectivity index (χ1n) is 8.57. The molecule has 3 N–H and O–H groups in total. The number of hydrogen-bond donors (Lipinski definition) is 2. The van der Waals surface area contributed by atoms with Crippen molar-refractivity contribution in [1.82, 2.24) is 10.2 Å². The van der Waals surface area contributed by atoms with E-state index in [9.17, 15) is 4.79 Å². The standard InChI is InChI=1S/C18H27N3O/c19-12-18(22)20-16-8-4-5-9-17(16)21(15-10-11-15)13-14-6-2-1-3-7-14/h1-3,6-7,15-17H,4-5,8-13,19H2,(H,20,22)/t16-,17-/m1/s1. The molecule has 0 spiro atoms. The van der Waals surface area contributed by atoms with Crippen molar-refractivity contribution in [3.63, 3.8) is 0 Å². The van der Waals surface area contributed by atoms with E-state index in [-0.39, 0.29) is 18.5 Å². The fraction of sp³-hybridized carbons (Fsp3) is 0.611. The normalized spacial score (nSPS) is 25.2. The molecule has 2 aliphatic carbocycles. The topological polar surface area (TPSA) is 58.4 Å². The maximum atomic E-state index is 11.7. The summed E-state index contributed by atoms with van der Waals surface area (Å²) < 4.78 is 0. The summed E-state index contributed by atoms with van der Waals surface area (Å²) in [5.41, 5.74) is 6.85. The van der Waals surface area contributed by atoms with Gasteiger partial charge in [-0.3, -0.25) is 9.69 Å². The molecule has 0 unspecified atom stereocenters. The van der Waals surface area contributed by atoms with Gasteiger partial charge in [0, 0.05) is 24.7 Å². The third-order valence-electron chi connectivity index (χ3n) is 4.91. The van der Waals surface area contributed by atoms with Crippen molar-refractivity contribution in [1.29, 1.82) is 0 Å². The van der Waals surface area contributed by atoms with Gasteiger partial charge in [-0.15, -0.1) is 0 Å². The van der Waals surface area contributed by atoms with Crippen LogP contribution >= 0.6 is 0 Å². The smallest absolute Gasteiger partial charge is 0.234 e. The first-order valence-corrected chi connectivity index (χ1v) is 8.57. The van der Waals surface area contributed by atoms with Crippen LogP contribution in [0.1, 0.15) is 44.1 Å². The third-order valence-corrected chi connectivity index (χ3v) is 4.91. The highest BCUT2D eigenvalue weighted by molar-refractivity contribution is 5.78. The predicted molar refractivity (Wildman–Crippen MR) is 88.2 cm³/mol. The van der Waals surface area contributed by atoms with Crippen LogP contribution in [0.3, 0.4) is 0 Å². The molecule has 0 bridgehead atoms. The van der Waals surface area contributed by atoms with Crippen molar-refractivity contribution in [2.24, 2.45) is 5.73 Å².